The third-order valence-electron chi connectivity index (χ3n) is 2.54. The number of hydrogen-bond donors (Lipinski definition) is 0. The molecule has 5 heteroatoms. The van der Waals surface area contributed by atoms with Gasteiger partial charge in [-0.3, -0.25) is 9.88 Å². The number of aromatic nitrogens is 1. The van der Waals surface area contributed by atoms with Crippen LogP contribution < -0.4 is 0 Å². The predicted molar refractivity (Wildman–Crippen MR) is 68.4 cm³/mol. The van der Waals surface area contributed by atoms with E-state index in [4.69, 9.17) is 9.47 Å². The summed E-state index contributed by atoms with van der Waals surface area (Å²) in [4.78, 5) is 17.9. The van der Waals surface area contributed by atoms with E-state index in [9.17, 15) is 4.79 Å². The normalized spacial score (nSPS) is 10.7. The van der Waals surface area contributed by atoms with Gasteiger partial charge in [-0.2, -0.15) is 0 Å². The van der Waals surface area contributed by atoms with Gasteiger partial charge in [0, 0.05) is 25.9 Å². The van der Waals surface area contributed by atoms with Crippen LogP contribution >= 0.6 is 0 Å². The van der Waals surface area contributed by atoms with Crippen molar-refractivity contribution in [2.75, 3.05) is 33.9 Å². The molecule has 0 N–H and O–H groups in total. The lowest BCUT2D eigenvalue weighted by molar-refractivity contribution is 0.0597. The average Bonchev–Trinajstić information content (AvgIpc) is 2.39. The van der Waals surface area contributed by atoms with Crippen LogP contribution in [0.2, 0.25) is 0 Å². The lowest BCUT2D eigenvalue weighted by Gasteiger charge is -2.17. The smallest absolute Gasteiger partial charge is 0.339 e. The quantitative estimate of drug-likeness (QED) is 0.541. The van der Waals surface area contributed by atoms with Crippen LogP contribution in [-0.2, 0) is 16.0 Å². The van der Waals surface area contributed by atoms with E-state index in [0.717, 1.165) is 12.2 Å². The van der Waals surface area contributed by atoms with Crippen molar-refractivity contribution >= 4 is 5.97 Å². The Morgan fingerprint density at radius 2 is 2.28 bits per heavy atom. The number of rotatable bonds is 7. The monoisotopic (exact) mass is 252 g/mol. The summed E-state index contributed by atoms with van der Waals surface area (Å²) in [6, 6.07) is 3.46. The zero-order valence-electron chi connectivity index (χ0n) is 11.2. The van der Waals surface area contributed by atoms with Crippen LogP contribution in [0, 0.1) is 0 Å². The van der Waals surface area contributed by atoms with Gasteiger partial charge in [-0.25, -0.2) is 4.79 Å². The number of carbonyl (C=O) groups is 1. The highest BCUT2D eigenvalue weighted by molar-refractivity contribution is 5.90. The Hall–Kier alpha value is -1.46. The molecule has 0 saturated carbocycles. The molecule has 0 radical (unpaired) electrons. The highest BCUT2D eigenvalue weighted by Gasteiger charge is 2.13. The molecule has 18 heavy (non-hydrogen) atoms. The van der Waals surface area contributed by atoms with Crippen LogP contribution in [-0.4, -0.2) is 49.8 Å². The number of carbonyl (C=O) groups excluding carboxylic acids is 1. The molecule has 1 aromatic rings. The van der Waals surface area contributed by atoms with Crippen LogP contribution in [0.15, 0.2) is 18.3 Å². The molecule has 0 spiro atoms. The fraction of sp³-hybridized carbons (Fsp3) is 0.538. The Morgan fingerprint density at radius 1 is 1.50 bits per heavy atom. The van der Waals surface area contributed by atoms with Gasteiger partial charge in [0.15, 0.2) is 0 Å². The number of esters is 1. The topological polar surface area (TPSA) is 51.7 Å². The summed E-state index contributed by atoms with van der Waals surface area (Å²) in [7, 11) is 3.34. The first-order valence-electron chi connectivity index (χ1n) is 5.97. The van der Waals surface area contributed by atoms with E-state index in [0.29, 0.717) is 25.3 Å². The van der Waals surface area contributed by atoms with Crippen LogP contribution in [0.25, 0.3) is 0 Å². The van der Waals surface area contributed by atoms with Crippen molar-refractivity contribution in [3.05, 3.63) is 29.6 Å². The lowest BCUT2D eigenvalue weighted by Crippen LogP contribution is -2.24. The molecule has 0 amide bonds. The molecule has 0 atom stereocenters. The molecule has 0 aromatic carbocycles. The molecule has 0 unspecified atom stereocenters. The van der Waals surface area contributed by atoms with E-state index < -0.39 is 0 Å². The first-order valence-corrected chi connectivity index (χ1v) is 5.97. The molecule has 1 rings (SSSR count). The third kappa shape index (κ3) is 4.43. The predicted octanol–water partition coefficient (Wildman–Crippen LogP) is 1.34. The van der Waals surface area contributed by atoms with E-state index >= 15 is 0 Å². The fourth-order valence-electron chi connectivity index (χ4n) is 1.56. The van der Waals surface area contributed by atoms with Crippen molar-refractivity contribution < 1.29 is 14.3 Å². The number of hydrogen-bond acceptors (Lipinski definition) is 5. The third-order valence-corrected chi connectivity index (χ3v) is 2.54. The second-order valence-corrected chi connectivity index (χ2v) is 3.92. The summed E-state index contributed by atoms with van der Waals surface area (Å²) in [5.41, 5.74) is 1.24. The van der Waals surface area contributed by atoms with Gasteiger partial charge in [0.05, 0.1) is 25.0 Å². The molecule has 0 saturated heterocycles. The molecule has 0 aliphatic heterocycles. The molecule has 1 heterocycles. The SMILES string of the molecule is CCOCCN(C)Cc1ncccc1C(=O)OC. The fourth-order valence-corrected chi connectivity index (χ4v) is 1.56. The molecular weight excluding hydrogens is 232 g/mol. The van der Waals surface area contributed by atoms with Gasteiger partial charge in [-0.15, -0.1) is 0 Å². The molecule has 0 aliphatic rings. The van der Waals surface area contributed by atoms with Gasteiger partial charge >= 0.3 is 5.97 Å². The minimum atomic E-state index is -0.351. The highest BCUT2D eigenvalue weighted by Crippen LogP contribution is 2.09. The molecule has 0 bridgehead atoms. The maximum Gasteiger partial charge on any atom is 0.339 e. The zero-order chi connectivity index (χ0) is 13.4. The van der Waals surface area contributed by atoms with E-state index in [1.54, 1.807) is 18.3 Å². The molecule has 1 aromatic heterocycles. The van der Waals surface area contributed by atoms with Crippen molar-refractivity contribution in [2.24, 2.45) is 0 Å². The Bertz CT molecular complexity index is 382. The van der Waals surface area contributed by atoms with Crippen molar-refractivity contribution in [2.45, 2.75) is 13.5 Å². The van der Waals surface area contributed by atoms with Crippen LogP contribution in [0.3, 0.4) is 0 Å². The maximum absolute atomic E-state index is 11.6. The summed E-state index contributed by atoms with van der Waals surface area (Å²) in [5.74, 6) is -0.351. The summed E-state index contributed by atoms with van der Waals surface area (Å²) in [6.45, 7) is 4.75. The van der Waals surface area contributed by atoms with Crippen LogP contribution in [0.1, 0.15) is 23.0 Å². The van der Waals surface area contributed by atoms with E-state index in [-0.39, 0.29) is 5.97 Å². The zero-order valence-corrected chi connectivity index (χ0v) is 11.2. The summed E-state index contributed by atoms with van der Waals surface area (Å²) in [6.07, 6.45) is 1.68. The Balaban J connectivity index is 2.63. The van der Waals surface area contributed by atoms with Crippen LogP contribution in [0.5, 0.6) is 0 Å². The molecular formula is C13H20N2O3. The largest absolute Gasteiger partial charge is 0.465 e. The summed E-state index contributed by atoms with van der Waals surface area (Å²) >= 11 is 0. The first-order chi connectivity index (χ1) is 8.69. The van der Waals surface area contributed by atoms with Crippen molar-refractivity contribution in [3.63, 3.8) is 0 Å². The standard InChI is InChI=1S/C13H20N2O3/c1-4-18-9-8-15(2)10-12-11(13(16)17-3)6-5-7-14-12/h5-7H,4,8-10H2,1-3H3. The lowest BCUT2D eigenvalue weighted by atomic mass is 10.2. The number of ether oxygens (including phenoxy) is 2. The van der Waals surface area contributed by atoms with Crippen molar-refractivity contribution in [3.8, 4) is 0 Å². The minimum absolute atomic E-state index is 0.351. The molecule has 0 fully saturated rings. The van der Waals surface area contributed by atoms with E-state index in [1.165, 1.54) is 7.11 Å². The first kappa shape index (κ1) is 14.6. The van der Waals surface area contributed by atoms with Crippen molar-refractivity contribution in [1.29, 1.82) is 0 Å². The molecule has 100 valence electrons. The number of nitrogens with zero attached hydrogens (tertiary/aromatic N) is 2. The second-order valence-electron chi connectivity index (χ2n) is 3.92. The molecule has 0 aliphatic carbocycles. The Labute approximate surface area is 108 Å². The average molecular weight is 252 g/mol. The van der Waals surface area contributed by atoms with Gasteiger partial charge in [-0.05, 0) is 26.1 Å². The summed E-state index contributed by atoms with van der Waals surface area (Å²) in [5, 5.41) is 0. The van der Waals surface area contributed by atoms with E-state index in [2.05, 4.69) is 9.88 Å². The summed E-state index contributed by atoms with van der Waals surface area (Å²) < 4.78 is 10.0. The minimum Gasteiger partial charge on any atom is -0.465 e. The van der Waals surface area contributed by atoms with Gasteiger partial charge < -0.3 is 9.47 Å². The maximum atomic E-state index is 11.6. The second kappa shape index (κ2) is 7.79. The van der Waals surface area contributed by atoms with E-state index in [1.807, 2.05) is 14.0 Å². The highest BCUT2D eigenvalue weighted by atomic mass is 16.5. The number of pyridine rings is 1. The Kier molecular flexibility index (Phi) is 6.32. The Morgan fingerprint density at radius 3 is 2.94 bits per heavy atom. The van der Waals surface area contributed by atoms with Crippen LogP contribution in [0.4, 0.5) is 0 Å². The molecule has 5 nitrogen and oxygen atoms in total. The van der Waals surface area contributed by atoms with Gasteiger partial charge in [0.2, 0.25) is 0 Å². The van der Waals surface area contributed by atoms with Gasteiger partial charge in [0.1, 0.15) is 0 Å². The number of methoxy groups -OCH3 is 1. The van der Waals surface area contributed by atoms with Gasteiger partial charge in [0.25, 0.3) is 0 Å². The van der Waals surface area contributed by atoms with Crippen molar-refractivity contribution in [1.82, 2.24) is 9.88 Å². The van der Waals surface area contributed by atoms with Gasteiger partial charge in [-0.1, -0.05) is 0 Å². The number of likely N-dealkylation sites (N-methyl/N-ethyl adjacent to an activating group) is 1.